The summed E-state index contributed by atoms with van der Waals surface area (Å²) < 4.78 is 0. The van der Waals surface area contributed by atoms with Crippen molar-refractivity contribution in [1.29, 1.82) is 0 Å². The number of carbonyl (C=O) groups is 2. The second kappa shape index (κ2) is 7.10. The van der Waals surface area contributed by atoms with E-state index in [1.54, 1.807) is 24.3 Å². The van der Waals surface area contributed by atoms with Crippen LogP contribution in [0.4, 0.5) is 0 Å². The standard InChI is InChI=1S/C19H16N2O2S/c1-13-7-9-14(10-8-13)16-11-12-24-17(16)19(23)21-20-18(22)15-5-3-2-4-6-15/h2-12H,1H3,(H,20,22)(H,21,23). The van der Waals surface area contributed by atoms with Crippen LogP contribution in [0.15, 0.2) is 66.0 Å². The lowest BCUT2D eigenvalue weighted by atomic mass is 10.1. The minimum absolute atomic E-state index is 0.329. The van der Waals surface area contributed by atoms with Crippen LogP contribution in [0.25, 0.3) is 11.1 Å². The highest BCUT2D eigenvalue weighted by Crippen LogP contribution is 2.28. The van der Waals surface area contributed by atoms with Crippen molar-refractivity contribution in [2.45, 2.75) is 6.92 Å². The highest BCUT2D eigenvalue weighted by Gasteiger charge is 2.15. The largest absolute Gasteiger partial charge is 0.280 e. The molecule has 0 atom stereocenters. The summed E-state index contributed by atoms with van der Waals surface area (Å²) in [5.74, 6) is -0.678. The lowest BCUT2D eigenvalue weighted by molar-refractivity contribution is 0.0849. The van der Waals surface area contributed by atoms with Gasteiger partial charge in [-0.05, 0) is 36.1 Å². The topological polar surface area (TPSA) is 58.2 Å². The summed E-state index contributed by atoms with van der Waals surface area (Å²) in [6.45, 7) is 2.02. The first-order chi connectivity index (χ1) is 11.6. The highest BCUT2D eigenvalue weighted by atomic mass is 32.1. The van der Waals surface area contributed by atoms with E-state index in [4.69, 9.17) is 0 Å². The van der Waals surface area contributed by atoms with E-state index in [9.17, 15) is 9.59 Å². The van der Waals surface area contributed by atoms with Gasteiger partial charge < -0.3 is 0 Å². The number of thiophene rings is 1. The van der Waals surface area contributed by atoms with Gasteiger partial charge in [0.25, 0.3) is 11.8 Å². The molecule has 0 unspecified atom stereocenters. The maximum atomic E-state index is 12.4. The van der Waals surface area contributed by atoms with Gasteiger partial charge in [0.15, 0.2) is 0 Å². The zero-order valence-electron chi connectivity index (χ0n) is 13.1. The zero-order chi connectivity index (χ0) is 16.9. The molecule has 2 aromatic carbocycles. The van der Waals surface area contributed by atoms with Crippen LogP contribution < -0.4 is 10.9 Å². The van der Waals surface area contributed by atoms with E-state index in [2.05, 4.69) is 10.9 Å². The first-order valence-corrected chi connectivity index (χ1v) is 8.33. The Balaban J connectivity index is 1.71. The number of hydrogen-bond donors (Lipinski definition) is 2. The molecule has 5 heteroatoms. The molecule has 3 rings (SSSR count). The van der Waals surface area contributed by atoms with Crippen LogP contribution in [0.1, 0.15) is 25.6 Å². The molecular formula is C19H16N2O2S. The van der Waals surface area contributed by atoms with Crippen LogP contribution in [0.2, 0.25) is 0 Å². The summed E-state index contributed by atoms with van der Waals surface area (Å²) in [7, 11) is 0. The molecule has 0 saturated heterocycles. The van der Waals surface area contributed by atoms with E-state index in [0.717, 1.165) is 16.7 Å². The summed E-state index contributed by atoms with van der Waals surface area (Å²) in [6.07, 6.45) is 0. The molecule has 1 aromatic heterocycles. The van der Waals surface area contributed by atoms with Gasteiger partial charge in [-0.1, -0.05) is 48.0 Å². The van der Waals surface area contributed by atoms with Crippen molar-refractivity contribution in [3.05, 3.63) is 82.0 Å². The molecular weight excluding hydrogens is 320 g/mol. The molecule has 0 spiro atoms. The number of carbonyl (C=O) groups excluding carboxylic acids is 2. The number of rotatable bonds is 3. The third-order valence-electron chi connectivity index (χ3n) is 3.56. The zero-order valence-corrected chi connectivity index (χ0v) is 13.9. The molecule has 2 amide bonds. The Kier molecular flexibility index (Phi) is 4.72. The van der Waals surface area contributed by atoms with Crippen LogP contribution >= 0.6 is 11.3 Å². The van der Waals surface area contributed by atoms with E-state index < -0.39 is 0 Å². The van der Waals surface area contributed by atoms with Crippen molar-refractivity contribution in [3.8, 4) is 11.1 Å². The summed E-state index contributed by atoms with van der Waals surface area (Å²) >= 11 is 1.34. The molecule has 24 heavy (non-hydrogen) atoms. The minimum Gasteiger partial charge on any atom is -0.267 e. The fourth-order valence-electron chi connectivity index (χ4n) is 2.28. The monoisotopic (exact) mass is 336 g/mol. The fraction of sp³-hybridized carbons (Fsp3) is 0.0526. The molecule has 0 bridgehead atoms. The van der Waals surface area contributed by atoms with E-state index in [1.807, 2.05) is 48.7 Å². The smallest absolute Gasteiger partial charge is 0.267 e. The van der Waals surface area contributed by atoms with Gasteiger partial charge in [0.05, 0.1) is 0 Å². The van der Waals surface area contributed by atoms with Crippen molar-refractivity contribution >= 4 is 23.2 Å². The second-order valence-electron chi connectivity index (χ2n) is 5.30. The number of hydrogen-bond acceptors (Lipinski definition) is 3. The predicted molar refractivity (Wildman–Crippen MR) is 95.9 cm³/mol. The molecule has 0 fully saturated rings. The van der Waals surface area contributed by atoms with Gasteiger partial charge in [-0.2, -0.15) is 0 Å². The van der Waals surface area contributed by atoms with Crippen LogP contribution in [0.5, 0.6) is 0 Å². The Labute approximate surface area is 144 Å². The van der Waals surface area contributed by atoms with Crippen molar-refractivity contribution in [3.63, 3.8) is 0 Å². The van der Waals surface area contributed by atoms with Gasteiger partial charge in [-0.3, -0.25) is 20.4 Å². The Morgan fingerprint density at radius 1 is 0.833 bits per heavy atom. The van der Waals surface area contributed by atoms with Gasteiger partial charge in [0.2, 0.25) is 0 Å². The number of amides is 2. The highest BCUT2D eigenvalue weighted by molar-refractivity contribution is 7.12. The Morgan fingerprint density at radius 2 is 1.50 bits per heavy atom. The van der Waals surface area contributed by atoms with Crippen LogP contribution in [0, 0.1) is 6.92 Å². The lowest BCUT2D eigenvalue weighted by Gasteiger charge is -2.08. The Morgan fingerprint density at radius 3 is 2.21 bits per heavy atom. The summed E-state index contributed by atoms with van der Waals surface area (Å²) in [4.78, 5) is 24.9. The molecule has 3 aromatic rings. The molecule has 1 heterocycles. The normalized spacial score (nSPS) is 10.2. The molecule has 0 aliphatic carbocycles. The minimum atomic E-state index is -0.350. The molecule has 4 nitrogen and oxygen atoms in total. The van der Waals surface area contributed by atoms with E-state index in [1.165, 1.54) is 11.3 Å². The number of hydrazine groups is 1. The van der Waals surface area contributed by atoms with Gasteiger partial charge in [-0.25, -0.2) is 0 Å². The average Bonchev–Trinajstić information content (AvgIpc) is 3.10. The maximum Gasteiger partial charge on any atom is 0.280 e. The van der Waals surface area contributed by atoms with Gasteiger partial charge in [-0.15, -0.1) is 11.3 Å². The lowest BCUT2D eigenvalue weighted by Crippen LogP contribution is -2.41. The quantitative estimate of drug-likeness (QED) is 0.715. The average molecular weight is 336 g/mol. The van der Waals surface area contributed by atoms with Crippen molar-refractivity contribution in [2.75, 3.05) is 0 Å². The second-order valence-corrected chi connectivity index (χ2v) is 6.22. The molecule has 2 N–H and O–H groups in total. The molecule has 120 valence electrons. The van der Waals surface area contributed by atoms with Crippen LogP contribution in [-0.2, 0) is 0 Å². The Hall–Kier alpha value is -2.92. The first-order valence-electron chi connectivity index (χ1n) is 7.45. The predicted octanol–water partition coefficient (Wildman–Crippen LogP) is 3.80. The van der Waals surface area contributed by atoms with Crippen molar-refractivity contribution in [2.24, 2.45) is 0 Å². The Bertz CT molecular complexity index is 855. The third-order valence-corrected chi connectivity index (χ3v) is 4.47. The van der Waals surface area contributed by atoms with Crippen LogP contribution in [0.3, 0.4) is 0 Å². The summed E-state index contributed by atoms with van der Waals surface area (Å²) in [5.41, 5.74) is 8.40. The fourth-order valence-corrected chi connectivity index (χ4v) is 3.09. The molecule has 0 aliphatic rings. The van der Waals surface area contributed by atoms with E-state index >= 15 is 0 Å². The van der Waals surface area contributed by atoms with Gasteiger partial charge >= 0.3 is 0 Å². The summed E-state index contributed by atoms with van der Waals surface area (Å²) in [5, 5.41) is 1.86. The van der Waals surface area contributed by atoms with E-state index in [0.29, 0.717) is 10.4 Å². The van der Waals surface area contributed by atoms with Crippen molar-refractivity contribution in [1.82, 2.24) is 10.9 Å². The van der Waals surface area contributed by atoms with Gasteiger partial charge in [0, 0.05) is 11.1 Å². The molecule has 0 saturated carbocycles. The molecule has 0 radical (unpaired) electrons. The van der Waals surface area contributed by atoms with Crippen LogP contribution in [-0.4, -0.2) is 11.8 Å². The first kappa shape index (κ1) is 16.0. The summed E-state index contributed by atoms with van der Waals surface area (Å²) in [6, 6.07) is 18.6. The van der Waals surface area contributed by atoms with Gasteiger partial charge in [0.1, 0.15) is 4.88 Å². The third kappa shape index (κ3) is 3.52. The number of benzene rings is 2. The van der Waals surface area contributed by atoms with Crippen molar-refractivity contribution < 1.29 is 9.59 Å². The number of nitrogens with one attached hydrogen (secondary N) is 2. The maximum absolute atomic E-state index is 12.4. The van der Waals surface area contributed by atoms with E-state index in [-0.39, 0.29) is 11.8 Å². The number of aryl methyl sites for hydroxylation is 1. The molecule has 0 aliphatic heterocycles. The SMILES string of the molecule is Cc1ccc(-c2ccsc2C(=O)NNC(=O)c2ccccc2)cc1.